The molecule has 0 aliphatic rings. The highest BCUT2D eigenvalue weighted by Crippen LogP contribution is 2.25. The normalized spacial score (nSPS) is 12.9. The summed E-state index contributed by atoms with van der Waals surface area (Å²) in [5.41, 5.74) is 0. The largest absolute Gasteiger partial charge is 0.490 e. The molecule has 2 aromatic carbocycles. The summed E-state index contributed by atoms with van der Waals surface area (Å²) in [5.74, 6) is 0.834. The highest BCUT2D eigenvalue weighted by atomic mass is 16.5. The molecular formula is C15H20NO2+. The van der Waals surface area contributed by atoms with Crippen LogP contribution in [-0.4, -0.2) is 38.5 Å². The van der Waals surface area contributed by atoms with Crippen molar-refractivity contribution in [3.8, 4) is 5.75 Å². The second kappa shape index (κ2) is 5.85. The van der Waals surface area contributed by atoms with Crippen LogP contribution in [0.25, 0.3) is 10.8 Å². The average molecular weight is 246 g/mol. The van der Waals surface area contributed by atoms with E-state index in [1.165, 1.54) is 4.90 Å². The molecule has 0 spiro atoms. The quantitative estimate of drug-likeness (QED) is 0.815. The van der Waals surface area contributed by atoms with Crippen LogP contribution in [0.15, 0.2) is 42.5 Å². The number of hydrogen-bond donors (Lipinski definition) is 2. The molecule has 2 N–H and O–H groups in total. The molecule has 0 saturated heterocycles. The Morgan fingerprint density at radius 2 is 1.83 bits per heavy atom. The average Bonchev–Trinajstić information content (AvgIpc) is 2.35. The fourth-order valence-corrected chi connectivity index (χ4v) is 2.04. The summed E-state index contributed by atoms with van der Waals surface area (Å²) in [6, 6.07) is 14.1. The molecule has 0 saturated carbocycles. The van der Waals surface area contributed by atoms with Gasteiger partial charge in [0.15, 0.2) is 0 Å². The van der Waals surface area contributed by atoms with Crippen LogP contribution < -0.4 is 9.64 Å². The standard InChI is InChI=1S/C15H19NO2/c1-16(2)10-13(17)11-18-15-9-5-7-12-6-3-4-8-14(12)15/h3-9,13,17H,10-11H2,1-2H3/p+1. The first-order valence-electron chi connectivity index (χ1n) is 6.24. The number of aliphatic hydroxyl groups is 1. The van der Waals surface area contributed by atoms with Crippen molar-refractivity contribution in [1.82, 2.24) is 0 Å². The van der Waals surface area contributed by atoms with Gasteiger partial charge in [0, 0.05) is 5.39 Å². The molecule has 0 radical (unpaired) electrons. The van der Waals surface area contributed by atoms with Gasteiger partial charge in [-0.15, -0.1) is 0 Å². The Hall–Kier alpha value is -1.58. The van der Waals surface area contributed by atoms with Gasteiger partial charge < -0.3 is 14.7 Å². The summed E-state index contributed by atoms with van der Waals surface area (Å²) >= 11 is 0. The molecule has 18 heavy (non-hydrogen) atoms. The SMILES string of the molecule is C[NH+](C)CC(O)COc1cccc2ccccc12. The molecular weight excluding hydrogens is 226 g/mol. The second-order valence-electron chi connectivity index (χ2n) is 4.85. The maximum Gasteiger partial charge on any atom is 0.137 e. The van der Waals surface area contributed by atoms with Gasteiger partial charge >= 0.3 is 0 Å². The van der Waals surface area contributed by atoms with Crippen LogP contribution in [0.5, 0.6) is 5.75 Å². The van der Waals surface area contributed by atoms with Gasteiger partial charge in [0.25, 0.3) is 0 Å². The Morgan fingerprint density at radius 1 is 1.11 bits per heavy atom. The molecule has 0 amide bonds. The van der Waals surface area contributed by atoms with E-state index >= 15 is 0 Å². The molecule has 0 heterocycles. The molecule has 0 aromatic heterocycles. The number of aliphatic hydroxyl groups excluding tert-OH is 1. The third-order valence-corrected chi connectivity index (χ3v) is 2.82. The van der Waals surface area contributed by atoms with Crippen molar-refractivity contribution in [2.45, 2.75) is 6.10 Å². The first-order chi connectivity index (χ1) is 8.66. The Balaban J connectivity index is 2.08. The van der Waals surface area contributed by atoms with E-state index in [4.69, 9.17) is 4.74 Å². The lowest BCUT2D eigenvalue weighted by atomic mass is 10.1. The van der Waals surface area contributed by atoms with Crippen molar-refractivity contribution >= 4 is 10.8 Å². The number of ether oxygens (including phenoxy) is 1. The Morgan fingerprint density at radius 3 is 2.61 bits per heavy atom. The van der Waals surface area contributed by atoms with E-state index in [1.54, 1.807) is 0 Å². The minimum Gasteiger partial charge on any atom is -0.490 e. The summed E-state index contributed by atoms with van der Waals surface area (Å²) in [7, 11) is 4.03. The van der Waals surface area contributed by atoms with E-state index in [-0.39, 0.29) is 0 Å². The summed E-state index contributed by atoms with van der Waals surface area (Å²) in [5, 5.41) is 12.0. The lowest BCUT2D eigenvalue weighted by Crippen LogP contribution is -3.07. The van der Waals surface area contributed by atoms with Gasteiger partial charge in [0.2, 0.25) is 0 Å². The minimum absolute atomic E-state index is 0.333. The third-order valence-electron chi connectivity index (χ3n) is 2.82. The molecule has 0 aliphatic heterocycles. The summed E-state index contributed by atoms with van der Waals surface area (Å²) in [6.07, 6.45) is -0.436. The Labute approximate surface area is 108 Å². The lowest BCUT2D eigenvalue weighted by Gasteiger charge is -2.15. The molecule has 1 unspecified atom stereocenters. The molecule has 1 atom stereocenters. The fraction of sp³-hybridized carbons (Fsp3) is 0.333. The van der Waals surface area contributed by atoms with Gasteiger partial charge in [-0.2, -0.15) is 0 Å². The van der Waals surface area contributed by atoms with Crippen LogP contribution in [-0.2, 0) is 0 Å². The van der Waals surface area contributed by atoms with Gasteiger partial charge in [-0.1, -0.05) is 36.4 Å². The summed E-state index contributed by atoms with van der Waals surface area (Å²) in [4.78, 5) is 1.21. The molecule has 3 nitrogen and oxygen atoms in total. The van der Waals surface area contributed by atoms with Gasteiger partial charge in [0.1, 0.15) is 25.0 Å². The molecule has 2 rings (SSSR count). The molecule has 0 fully saturated rings. The molecule has 0 bridgehead atoms. The second-order valence-corrected chi connectivity index (χ2v) is 4.85. The van der Waals surface area contributed by atoms with E-state index < -0.39 is 6.10 Å². The smallest absolute Gasteiger partial charge is 0.137 e. The summed E-state index contributed by atoms with van der Waals surface area (Å²) < 4.78 is 5.72. The van der Waals surface area contributed by atoms with Crippen molar-refractivity contribution in [3.63, 3.8) is 0 Å². The van der Waals surface area contributed by atoms with E-state index in [0.717, 1.165) is 16.5 Å². The van der Waals surface area contributed by atoms with Gasteiger partial charge in [-0.3, -0.25) is 0 Å². The predicted octanol–water partition coefficient (Wildman–Crippen LogP) is 0.724. The first-order valence-corrected chi connectivity index (χ1v) is 6.24. The van der Waals surface area contributed by atoms with Gasteiger partial charge in [-0.25, -0.2) is 0 Å². The van der Waals surface area contributed by atoms with Crippen LogP contribution in [0, 0.1) is 0 Å². The Bertz CT molecular complexity index is 505. The van der Waals surface area contributed by atoms with Crippen molar-refractivity contribution in [2.75, 3.05) is 27.2 Å². The molecule has 96 valence electrons. The van der Waals surface area contributed by atoms with E-state index in [0.29, 0.717) is 13.2 Å². The van der Waals surface area contributed by atoms with Crippen LogP contribution >= 0.6 is 0 Å². The van der Waals surface area contributed by atoms with Crippen LogP contribution in [0.2, 0.25) is 0 Å². The van der Waals surface area contributed by atoms with E-state index in [9.17, 15) is 5.11 Å². The minimum atomic E-state index is -0.436. The number of nitrogens with one attached hydrogen (secondary N) is 1. The van der Waals surface area contributed by atoms with Crippen molar-refractivity contribution in [2.24, 2.45) is 0 Å². The highest BCUT2D eigenvalue weighted by molar-refractivity contribution is 5.88. The summed E-state index contributed by atoms with van der Waals surface area (Å²) in [6.45, 7) is 1.02. The van der Waals surface area contributed by atoms with Crippen LogP contribution in [0.4, 0.5) is 0 Å². The van der Waals surface area contributed by atoms with Crippen molar-refractivity contribution < 1.29 is 14.7 Å². The number of hydrogen-bond acceptors (Lipinski definition) is 2. The number of rotatable bonds is 5. The molecule has 0 aliphatic carbocycles. The van der Waals surface area contributed by atoms with Gasteiger partial charge in [0.05, 0.1) is 14.1 Å². The van der Waals surface area contributed by atoms with E-state index in [1.807, 2.05) is 44.4 Å². The molecule has 2 aromatic rings. The van der Waals surface area contributed by atoms with Crippen LogP contribution in [0.3, 0.4) is 0 Å². The number of likely N-dealkylation sites (N-methyl/N-ethyl adjacent to an activating group) is 1. The van der Waals surface area contributed by atoms with Crippen LogP contribution in [0.1, 0.15) is 0 Å². The number of benzene rings is 2. The zero-order chi connectivity index (χ0) is 13.0. The number of fused-ring (bicyclic) bond motifs is 1. The zero-order valence-corrected chi connectivity index (χ0v) is 10.9. The third kappa shape index (κ3) is 3.22. The number of quaternary nitrogens is 1. The van der Waals surface area contributed by atoms with Gasteiger partial charge in [-0.05, 0) is 11.5 Å². The first kappa shape index (κ1) is 12.9. The highest BCUT2D eigenvalue weighted by Gasteiger charge is 2.10. The lowest BCUT2D eigenvalue weighted by molar-refractivity contribution is -0.861. The zero-order valence-electron chi connectivity index (χ0n) is 10.9. The monoisotopic (exact) mass is 246 g/mol. The molecule has 3 heteroatoms. The predicted molar refractivity (Wildman–Crippen MR) is 73.1 cm³/mol. The van der Waals surface area contributed by atoms with E-state index in [2.05, 4.69) is 12.1 Å². The maximum atomic E-state index is 9.81. The van der Waals surface area contributed by atoms with Crippen molar-refractivity contribution in [3.05, 3.63) is 42.5 Å². The van der Waals surface area contributed by atoms with Crippen molar-refractivity contribution in [1.29, 1.82) is 0 Å². The maximum absolute atomic E-state index is 9.81. The fourth-order valence-electron chi connectivity index (χ4n) is 2.04. The topological polar surface area (TPSA) is 33.9 Å². The Kier molecular flexibility index (Phi) is 4.18.